The number of aromatic nitrogens is 3. The molecule has 7 heteroatoms. The number of nitrogens with one attached hydrogen (secondary N) is 3. The Bertz CT molecular complexity index is 865. The Labute approximate surface area is 140 Å². The number of H-pyrrole nitrogens is 1. The maximum Gasteiger partial charge on any atom is 0.225 e. The quantitative estimate of drug-likeness (QED) is 0.493. The van der Waals surface area contributed by atoms with Crippen LogP contribution in [0, 0.1) is 6.92 Å². The highest BCUT2D eigenvalue weighted by molar-refractivity contribution is 5.96. The third-order valence-electron chi connectivity index (χ3n) is 3.50. The first kappa shape index (κ1) is 16.1. The number of anilines is 3. The molecule has 7 nitrogen and oxygen atoms in total. The number of fused-ring (bicyclic) bond motifs is 1. The molecule has 0 radical (unpaired) electrons. The number of hydrogen-bond acceptors (Lipinski definition) is 6. The molecule has 0 aliphatic carbocycles. The van der Waals surface area contributed by atoms with Crippen molar-refractivity contribution in [1.29, 1.82) is 0 Å². The summed E-state index contributed by atoms with van der Waals surface area (Å²) in [5, 5.41) is 17.0. The smallest absolute Gasteiger partial charge is 0.225 e. The molecule has 2 heterocycles. The number of nitrogens with zero attached hydrogens (tertiary/aromatic N) is 2. The van der Waals surface area contributed by atoms with Crippen LogP contribution in [0.15, 0.2) is 30.5 Å². The van der Waals surface area contributed by atoms with Gasteiger partial charge in [-0.25, -0.2) is 4.98 Å². The van der Waals surface area contributed by atoms with Crippen molar-refractivity contribution in [3.05, 3.63) is 36.0 Å². The number of rotatable bonds is 5. The summed E-state index contributed by atoms with van der Waals surface area (Å²) in [6.07, 6.45) is 1.65. The van der Waals surface area contributed by atoms with E-state index in [0.29, 0.717) is 29.2 Å². The number of aromatic amines is 1. The lowest BCUT2D eigenvalue weighted by atomic mass is 10.1. The van der Waals surface area contributed by atoms with E-state index in [-0.39, 0.29) is 11.4 Å². The first-order valence-corrected chi connectivity index (χ1v) is 7.76. The Hall–Kier alpha value is -2.80. The van der Waals surface area contributed by atoms with Crippen LogP contribution in [0.5, 0.6) is 5.88 Å². The van der Waals surface area contributed by atoms with Gasteiger partial charge >= 0.3 is 0 Å². The normalized spacial score (nSPS) is 11.7. The number of nitrogens with two attached hydrogens (primary N) is 1. The highest BCUT2D eigenvalue weighted by atomic mass is 16.3. The van der Waals surface area contributed by atoms with Crippen LogP contribution in [0.1, 0.15) is 19.4 Å². The highest BCUT2D eigenvalue weighted by Gasteiger charge is 2.16. The summed E-state index contributed by atoms with van der Waals surface area (Å²) in [5.41, 5.74) is 8.25. The summed E-state index contributed by atoms with van der Waals surface area (Å²) < 4.78 is 0. The van der Waals surface area contributed by atoms with Crippen LogP contribution < -0.4 is 16.4 Å². The first-order valence-electron chi connectivity index (χ1n) is 7.76. The molecule has 0 aliphatic rings. The lowest BCUT2D eigenvalue weighted by molar-refractivity contribution is 0.462. The molecule has 0 amide bonds. The molecular weight excluding hydrogens is 304 g/mol. The maximum absolute atomic E-state index is 10.1. The van der Waals surface area contributed by atoms with E-state index < -0.39 is 0 Å². The predicted octanol–water partition coefficient (Wildman–Crippen LogP) is 2.86. The molecule has 1 aromatic carbocycles. The second-order valence-corrected chi connectivity index (χ2v) is 6.63. The van der Waals surface area contributed by atoms with Crippen LogP contribution in [0.25, 0.3) is 10.9 Å². The van der Waals surface area contributed by atoms with Crippen molar-refractivity contribution in [1.82, 2.24) is 15.0 Å². The van der Waals surface area contributed by atoms with Gasteiger partial charge in [-0.1, -0.05) is 12.1 Å². The van der Waals surface area contributed by atoms with Gasteiger partial charge in [0.05, 0.1) is 5.52 Å². The molecule has 0 spiro atoms. The molecule has 24 heavy (non-hydrogen) atoms. The third kappa shape index (κ3) is 3.57. The zero-order chi connectivity index (χ0) is 17.3. The van der Waals surface area contributed by atoms with E-state index in [9.17, 15) is 5.11 Å². The average Bonchev–Trinajstić information content (AvgIpc) is 2.86. The molecule has 0 unspecified atom stereocenters. The Balaban J connectivity index is 1.99. The third-order valence-corrected chi connectivity index (χ3v) is 3.50. The molecule has 0 bridgehead atoms. The molecule has 3 aromatic rings. The monoisotopic (exact) mass is 326 g/mol. The van der Waals surface area contributed by atoms with Crippen molar-refractivity contribution in [2.75, 3.05) is 17.2 Å². The van der Waals surface area contributed by atoms with Gasteiger partial charge in [0.25, 0.3) is 0 Å². The van der Waals surface area contributed by atoms with Crippen LogP contribution >= 0.6 is 0 Å². The fourth-order valence-corrected chi connectivity index (χ4v) is 2.36. The molecule has 126 valence electrons. The van der Waals surface area contributed by atoms with E-state index in [1.54, 1.807) is 6.20 Å². The second kappa shape index (κ2) is 6.01. The number of aryl methyl sites for hydroxylation is 1. The summed E-state index contributed by atoms with van der Waals surface area (Å²) in [4.78, 5) is 11.7. The van der Waals surface area contributed by atoms with Crippen LogP contribution in [-0.2, 0) is 0 Å². The van der Waals surface area contributed by atoms with Gasteiger partial charge in [0, 0.05) is 24.0 Å². The molecular formula is C17H22N6O. The van der Waals surface area contributed by atoms with Gasteiger partial charge in [-0.05, 0) is 38.5 Å². The Kier molecular flexibility index (Phi) is 4.02. The largest absolute Gasteiger partial charge is 0.494 e. The van der Waals surface area contributed by atoms with Crippen molar-refractivity contribution < 1.29 is 5.11 Å². The predicted molar refractivity (Wildman–Crippen MR) is 96.8 cm³/mol. The lowest BCUT2D eigenvalue weighted by Gasteiger charge is -2.19. The van der Waals surface area contributed by atoms with Crippen LogP contribution in [-0.4, -0.2) is 32.1 Å². The van der Waals surface area contributed by atoms with Gasteiger partial charge in [0.15, 0.2) is 0 Å². The fraction of sp³-hybridized carbons (Fsp3) is 0.294. The van der Waals surface area contributed by atoms with Crippen LogP contribution in [0.4, 0.5) is 17.5 Å². The molecule has 0 fully saturated rings. The second-order valence-electron chi connectivity index (χ2n) is 6.63. The highest BCUT2D eigenvalue weighted by Crippen LogP contribution is 2.31. The van der Waals surface area contributed by atoms with E-state index in [1.807, 2.05) is 45.0 Å². The zero-order valence-corrected chi connectivity index (χ0v) is 14.0. The van der Waals surface area contributed by atoms with E-state index in [2.05, 4.69) is 25.6 Å². The fourth-order valence-electron chi connectivity index (χ4n) is 2.36. The van der Waals surface area contributed by atoms with Gasteiger partial charge in [-0.2, -0.15) is 4.98 Å². The summed E-state index contributed by atoms with van der Waals surface area (Å²) >= 11 is 0. The van der Waals surface area contributed by atoms with E-state index in [0.717, 1.165) is 11.3 Å². The van der Waals surface area contributed by atoms with E-state index in [4.69, 9.17) is 5.73 Å². The van der Waals surface area contributed by atoms with Gasteiger partial charge in [-0.15, -0.1) is 0 Å². The number of benzene rings is 1. The van der Waals surface area contributed by atoms with Crippen LogP contribution in [0.2, 0.25) is 0 Å². The molecule has 2 aromatic heterocycles. The van der Waals surface area contributed by atoms with E-state index >= 15 is 0 Å². The topological polar surface area (TPSA) is 112 Å². The van der Waals surface area contributed by atoms with Crippen molar-refractivity contribution in [3.63, 3.8) is 0 Å². The first-order chi connectivity index (χ1) is 11.3. The Morgan fingerprint density at radius 1 is 1.29 bits per heavy atom. The standard InChI is InChI=1S/C17H22N6O/c1-10-5-4-6-11(7-10)21-14-13-12(8-19-15(13)24)22-16(23-14)20-9-17(2,3)18/h4-8,19,24H,9,18H2,1-3H3,(H2,20,21,22,23). The minimum Gasteiger partial charge on any atom is -0.494 e. The Morgan fingerprint density at radius 3 is 2.79 bits per heavy atom. The van der Waals surface area contributed by atoms with Gasteiger partial charge in [0.1, 0.15) is 11.2 Å². The molecule has 0 saturated carbocycles. The van der Waals surface area contributed by atoms with Gasteiger partial charge < -0.3 is 26.5 Å². The maximum atomic E-state index is 10.1. The molecule has 0 aliphatic heterocycles. The summed E-state index contributed by atoms with van der Waals surface area (Å²) in [7, 11) is 0. The number of hydrogen-bond donors (Lipinski definition) is 5. The van der Waals surface area contributed by atoms with Crippen molar-refractivity contribution >= 4 is 28.4 Å². The van der Waals surface area contributed by atoms with Crippen molar-refractivity contribution in [2.24, 2.45) is 5.73 Å². The van der Waals surface area contributed by atoms with Crippen LogP contribution in [0.3, 0.4) is 0 Å². The molecule has 3 rings (SSSR count). The summed E-state index contributed by atoms with van der Waals surface area (Å²) in [5.74, 6) is 1.02. The van der Waals surface area contributed by atoms with Crippen molar-refractivity contribution in [3.8, 4) is 5.88 Å². The minimum atomic E-state index is -0.386. The lowest BCUT2D eigenvalue weighted by Crippen LogP contribution is -2.39. The minimum absolute atomic E-state index is 0.0332. The summed E-state index contributed by atoms with van der Waals surface area (Å²) in [6, 6.07) is 7.93. The molecule has 0 atom stereocenters. The molecule has 0 saturated heterocycles. The SMILES string of the molecule is Cc1cccc(Nc2nc(NCC(C)(C)N)nc3c[nH]c(O)c23)c1. The zero-order valence-electron chi connectivity index (χ0n) is 14.0. The average molecular weight is 326 g/mol. The van der Waals surface area contributed by atoms with Gasteiger partial charge in [0.2, 0.25) is 11.8 Å². The molecule has 6 N–H and O–H groups in total. The number of aromatic hydroxyl groups is 1. The van der Waals surface area contributed by atoms with Crippen molar-refractivity contribution in [2.45, 2.75) is 26.3 Å². The van der Waals surface area contributed by atoms with Gasteiger partial charge in [-0.3, -0.25) is 0 Å². The van der Waals surface area contributed by atoms with E-state index in [1.165, 1.54) is 0 Å². The Morgan fingerprint density at radius 2 is 2.08 bits per heavy atom. The summed E-state index contributed by atoms with van der Waals surface area (Å²) in [6.45, 7) is 6.39.